The molecule has 0 fully saturated rings. The summed E-state index contributed by atoms with van der Waals surface area (Å²) in [5, 5.41) is 0. The Labute approximate surface area is 70.7 Å². The molecule has 1 aromatic carbocycles. The second-order valence-electron chi connectivity index (χ2n) is 2.37. The van der Waals surface area contributed by atoms with E-state index in [9.17, 15) is 4.79 Å². The maximum absolute atomic E-state index is 10.4. The fraction of sp³-hybridized carbons (Fsp3) is 0. The summed E-state index contributed by atoms with van der Waals surface area (Å²) in [6.07, 6.45) is 1.20. The van der Waals surface area contributed by atoms with Crippen molar-refractivity contribution in [3.8, 4) is 0 Å². The largest absolute Gasteiger partial charge is 0.398 e. The van der Waals surface area contributed by atoms with E-state index in [4.69, 9.17) is 11.5 Å². The highest BCUT2D eigenvalue weighted by Gasteiger charge is 1.95. The van der Waals surface area contributed by atoms with Gasteiger partial charge in [0.15, 0.2) is 0 Å². The number of carbonyl (C=O) groups is 1. The first kappa shape index (κ1) is 8.33. The first-order chi connectivity index (χ1) is 5.70. The van der Waals surface area contributed by atoms with Crippen molar-refractivity contribution in [2.75, 3.05) is 0 Å². The number of benzene rings is 1. The number of rotatable bonds is 2. The highest BCUT2D eigenvalue weighted by atomic mass is 16.1. The van der Waals surface area contributed by atoms with E-state index in [0.717, 1.165) is 5.56 Å². The third-order valence-electron chi connectivity index (χ3n) is 1.40. The van der Waals surface area contributed by atoms with Gasteiger partial charge in [0.1, 0.15) is 0 Å². The van der Waals surface area contributed by atoms with Crippen LogP contribution in [0.5, 0.6) is 0 Å². The van der Waals surface area contributed by atoms with Crippen molar-refractivity contribution in [2.45, 2.75) is 0 Å². The van der Waals surface area contributed by atoms with Gasteiger partial charge in [-0.15, -0.1) is 0 Å². The van der Waals surface area contributed by atoms with Crippen molar-refractivity contribution in [1.82, 2.24) is 0 Å². The molecule has 0 aliphatic heterocycles. The van der Waals surface area contributed by atoms with Crippen molar-refractivity contribution in [3.05, 3.63) is 42.0 Å². The van der Waals surface area contributed by atoms with Crippen LogP contribution in [-0.4, -0.2) is 5.91 Å². The zero-order chi connectivity index (χ0) is 8.97. The molecule has 0 saturated heterocycles. The third-order valence-corrected chi connectivity index (χ3v) is 1.40. The van der Waals surface area contributed by atoms with Gasteiger partial charge >= 0.3 is 0 Å². The standard InChI is InChI=1S/C9H10N2O/c10-8(6-9(11)12)7-4-2-1-3-5-7/h1-6H,10H2,(H2,11,12)/b8-6-. The summed E-state index contributed by atoms with van der Waals surface area (Å²) < 4.78 is 0. The van der Waals surface area contributed by atoms with Crippen LogP contribution in [0.1, 0.15) is 5.56 Å². The maximum atomic E-state index is 10.4. The molecule has 4 N–H and O–H groups in total. The Balaban J connectivity index is 2.93. The number of primary amides is 1. The minimum Gasteiger partial charge on any atom is -0.398 e. The van der Waals surface area contributed by atoms with E-state index in [1.807, 2.05) is 30.3 Å². The lowest BCUT2D eigenvalue weighted by molar-refractivity contribution is -0.113. The predicted octanol–water partition coefficient (Wildman–Crippen LogP) is 0.471. The summed E-state index contributed by atoms with van der Waals surface area (Å²) in [5.41, 5.74) is 11.7. The molecule has 12 heavy (non-hydrogen) atoms. The molecule has 0 spiro atoms. The molecule has 0 bridgehead atoms. The maximum Gasteiger partial charge on any atom is 0.243 e. The topological polar surface area (TPSA) is 69.1 Å². The Morgan fingerprint density at radius 2 is 1.75 bits per heavy atom. The highest BCUT2D eigenvalue weighted by Crippen LogP contribution is 2.06. The zero-order valence-electron chi connectivity index (χ0n) is 6.53. The van der Waals surface area contributed by atoms with Gasteiger partial charge in [-0.3, -0.25) is 4.79 Å². The Morgan fingerprint density at radius 1 is 1.17 bits per heavy atom. The van der Waals surface area contributed by atoms with Gasteiger partial charge in [-0.2, -0.15) is 0 Å². The van der Waals surface area contributed by atoms with Crippen molar-refractivity contribution in [3.63, 3.8) is 0 Å². The summed E-state index contributed by atoms with van der Waals surface area (Å²) in [6, 6.07) is 9.19. The third kappa shape index (κ3) is 2.12. The molecule has 1 rings (SSSR count). The van der Waals surface area contributed by atoms with Crippen LogP contribution in [0.15, 0.2) is 36.4 Å². The quantitative estimate of drug-likeness (QED) is 0.621. The van der Waals surface area contributed by atoms with E-state index in [-0.39, 0.29) is 0 Å². The molecule has 0 saturated carbocycles. The normalized spacial score (nSPS) is 11.2. The van der Waals surface area contributed by atoms with Gasteiger partial charge in [0.2, 0.25) is 5.91 Å². The molecular weight excluding hydrogens is 152 g/mol. The Kier molecular flexibility index (Phi) is 2.48. The SMILES string of the molecule is NC(=O)/C=C(\N)c1ccccc1. The van der Waals surface area contributed by atoms with E-state index in [1.165, 1.54) is 6.08 Å². The van der Waals surface area contributed by atoms with E-state index in [2.05, 4.69) is 0 Å². The van der Waals surface area contributed by atoms with Crippen LogP contribution in [0, 0.1) is 0 Å². The fourth-order valence-electron chi connectivity index (χ4n) is 0.867. The first-order valence-electron chi connectivity index (χ1n) is 3.52. The number of carbonyl (C=O) groups excluding carboxylic acids is 1. The lowest BCUT2D eigenvalue weighted by Gasteiger charge is -1.98. The fourth-order valence-corrected chi connectivity index (χ4v) is 0.867. The van der Waals surface area contributed by atoms with Crippen molar-refractivity contribution in [2.24, 2.45) is 11.5 Å². The molecule has 3 heteroatoms. The van der Waals surface area contributed by atoms with Gasteiger partial charge in [0, 0.05) is 11.8 Å². The summed E-state index contributed by atoms with van der Waals surface area (Å²) in [6.45, 7) is 0. The smallest absolute Gasteiger partial charge is 0.243 e. The van der Waals surface area contributed by atoms with Gasteiger partial charge < -0.3 is 11.5 Å². The Bertz CT molecular complexity index is 304. The van der Waals surface area contributed by atoms with Crippen LogP contribution < -0.4 is 11.5 Å². The molecule has 0 aliphatic rings. The average molecular weight is 162 g/mol. The highest BCUT2D eigenvalue weighted by molar-refractivity contribution is 5.93. The number of hydrogen-bond donors (Lipinski definition) is 2. The molecule has 62 valence electrons. The van der Waals surface area contributed by atoms with E-state index < -0.39 is 5.91 Å². The Morgan fingerprint density at radius 3 is 2.25 bits per heavy atom. The zero-order valence-corrected chi connectivity index (χ0v) is 6.53. The lowest BCUT2D eigenvalue weighted by atomic mass is 10.1. The molecule has 1 aromatic rings. The van der Waals surface area contributed by atoms with Crippen LogP contribution in [0.25, 0.3) is 5.70 Å². The second kappa shape index (κ2) is 3.57. The van der Waals surface area contributed by atoms with Crippen LogP contribution >= 0.6 is 0 Å². The molecule has 0 unspecified atom stereocenters. The van der Waals surface area contributed by atoms with Crippen molar-refractivity contribution < 1.29 is 4.79 Å². The molecule has 3 nitrogen and oxygen atoms in total. The monoisotopic (exact) mass is 162 g/mol. The molecule has 0 heterocycles. The molecule has 0 aromatic heterocycles. The van der Waals surface area contributed by atoms with Crippen molar-refractivity contribution in [1.29, 1.82) is 0 Å². The van der Waals surface area contributed by atoms with Crippen LogP contribution in [-0.2, 0) is 4.79 Å². The minimum absolute atomic E-state index is 0.392. The summed E-state index contributed by atoms with van der Waals surface area (Å²) >= 11 is 0. The molecule has 0 aliphatic carbocycles. The summed E-state index contributed by atoms with van der Waals surface area (Å²) in [5.74, 6) is -0.531. The number of amides is 1. The van der Waals surface area contributed by atoms with Crippen LogP contribution in [0.4, 0.5) is 0 Å². The molecule has 0 atom stereocenters. The van der Waals surface area contributed by atoms with E-state index in [1.54, 1.807) is 0 Å². The summed E-state index contributed by atoms with van der Waals surface area (Å²) in [7, 11) is 0. The van der Waals surface area contributed by atoms with Gasteiger partial charge in [-0.25, -0.2) is 0 Å². The first-order valence-corrected chi connectivity index (χ1v) is 3.52. The lowest BCUT2D eigenvalue weighted by Crippen LogP contribution is -2.09. The van der Waals surface area contributed by atoms with E-state index in [0.29, 0.717) is 5.70 Å². The number of hydrogen-bond acceptors (Lipinski definition) is 2. The molecule has 0 radical (unpaired) electrons. The van der Waals surface area contributed by atoms with Gasteiger partial charge in [0.05, 0.1) is 0 Å². The summed E-state index contributed by atoms with van der Waals surface area (Å²) in [4.78, 5) is 10.4. The van der Waals surface area contributed by atoms with Crippen LogP contribution in [0.2, 0.25) is 0 Å². The molecule has 1 amide bonds. The second-order valence-corrected chi connectivity index (χ2v) is 2.37. The van der Waals surface area contributed by atoms with Gasteiger partial charge in [0.25, 0.3) is 0 Å². The van der Waals surface area contributed by atoms with Crippen LogP contribution in [0.3, 0.4) is 0 Å². The molecular formula is C9H10N2O. The van der Waals surface area contributed by atoms with Crippen molar-refractivity contribution >= 4 is 11.6 Å². The van der Waals surface area contributed by atoms with Gasteiger partial charge in [-0.1, -0.05) is 30.3 Å². The van der Waals surface area contributed by atoms with Gasteiger partial charge in [-0.05, 0) is 5.56 Å². The predicted molar refractivity (Wildman–Crippen MR) is 47.8 cm³/mol. The van der Waals surface area contributed by atoms with E-state index >= 15 is 0 Å². The Hall–Kier alpha value is -1.77. The average Bonchev–Trinajstić information content (AvgIpc) is 2.05. The number of nitrogens with two attached hydrogens (primary N) is 2. The minimum atomic E-state index is -0.531.